The highest BCUT2D eigenvalue weighted by atomic mass is 32.1. The summed E-state index contributed by atoms with van der Waals surface area (Å²) in [7, 11) is 0. The molecule has 0 N–H and O–H groups in total. The molecule has 0 radical (unpaired) electrons. The summed E-state index contributed by atoms with van der Waals surface area (Å²) in [5, 5.41) is 10.0. The van der Waals surface area contributed by atoms with Crippen molar-refractivity contribution in [2.45, 2.75) is 0 Å². The first-order chi connectivity index (χ1) is 34.7. The predicted molar refractivity (Wildman–Crippen MR) is 300 cm³/mol. The average molecular weight is 945 g/mol. The lowest BCUT2D eigenvalue weighted by molar-refractivity contribution is 1.07. The molecule has 0 unspecified atom stereocenters. The molecule has 0 aliphatic carbocycles. The number of thiophene rings is 3. The largest absolute Gasteiger partial charge is 0.308 e. The molecule has 15 aromatic rings. The van der Waals surface area contributed by atoms with Crippen LogP contribution in [0.15, 0.2) is 218 Å². The number of aromatic nitrogens is 4. The Labute approximate surface area is 413 Å². The zero-order chi connectivity index (χ0) is 45.9. The first-order valence-electron chi connectivity index (χ1n) is 23.4. The Morgan fingerprint density at radius 2 is 0.671 bits per heavy atom. The molecular formula is C63H36N4S3. The van der Waals surface area contributed by atoms with E-state index in [1.165, 1.54) is 71.3 Å². The minimum atomic E-state index is 0.613. The van der Waals surface area contributed by atoms with E-state index in [2.05, 4.69) is 223 Å². The Morgan fingerprint density at radius 3 is 1.20 bits per heavy atom. The van der Waals surface area contributed by atoms with Gasteiger partial charge in [-0.3, -0.25) is 0 Å². The molecule has 0 atom stereocenters. The van der Waals surface area contributed by atoms with Gasteiger partial charge < -0.3 is 4.57 Å². The van der Waals surface area contributed by atoms with Crippen molar-refractivity contribution >= 4 is 116 Å². The molecule has 0 amide bonds. The predicted octanol–water partition coefficient (Wildman–Crippen LogP) is 18.4. The highest BCUT2D eigenvalue weighted by molar-refractivity contribution is 7.26. The van der Waals surface area contributed by atoms with Crippen LogP contribution in [0.25, 0.3) is 144 Å². The van der Waals surface area contributed by atoms with Gasteiger partial charge in [0, 0.05) is 99.1 Å². The molecule has 5 heterocycles. The first kappa shape index (κ1) is 39.6. The SMILES string of the molecule is c1ccc(-c2cc(-c3nc(-c4ccc5c(c4)sc4ccccc45)nc(-c4ccc5c(c4)sc4ccccc45)n3)cc(-c3ccccc3)c2-n2c3ccccc3c3cc4sc5ccccc5c4cc32)cc1. The zero-order valence-electron chi connectivity index (χ0n) is 37.3. The minimum Gasteiger partial charge on any atom is -0.308 e. The fourth-order valence-corrected chi connectivity index (χ4v) is 14.0. The van der Waals surface area contributed by atoms with Crippen molar-refractivity contribution in [3.8, 4) is 62.1 Å². The standard InChI is InChI=1S/C63H36N4S3/c1-3-15-37(16-4-1)48-31-41(32-49(38-17-5-2-6-18-38)60(48)67-52-23-11-7-19-42(52)50-36-59-51(35-53(50)67)45-22-10-14-26-56(45)70-59)63-65-61(39-27-29-46-43-20-8-12-24-54(43)68-57(46)33-39)64-62(66-63)40-28-30-47-44-21-9-13-25-55(44)69-58(47)34-40/h1-36H. The maximum atomic E-state index is 5.46. The molecule has 4 nitrogen and oxygen atoms in total. The molecule has 326 valence electrons. The van der Waals surface area contributed by atoms with Crippen LogP contribution in [0.3, 0.4) is 0 Å². The fraction of sp³-hybridized carbons (Fsp3) is 0. The third-order valence-corrected chi connectivity index (χ3v) is 17.2. The Hall–Kier alpha value is -8.33. The van der Waals surface area contributed by atoms with Gasteiger partial charge in [-0.05, 0) is 71.8 Å². The van der Waals surface area contributed by atoms with E-state index in [1.54, 1.807) is 22.7 Å². The summed E-state index contributed by atoms with van der Waals surface area (Å²) in [6, 6.07) is 79.3. The van der Waals surface area contributed by atoms with Crippen LogP contribution >= 0.6 is 34.0 Å². The third kappa shape index (κ3) is 6.22. The summed E-state index contributed by atoms with van der Waals surface area (Å²) in [5.74, 6) is 1.89. The molecule has 0 fully saturated rings. The molecule has 0 aliphatic rings. The van der Waals surface area contributed by atoms with E-state index < -0.39 is 0 Å². The number of hydrogen-bond donors (Lipinski definition) is 0. The van der Waals surface area contributed by atoms with E-state index >= 15 is 0 Å². The molecule has 15 rings (SSSR count). The van der Waals surface area contributed by atoms with Gasteiger partial charge in [-0.25, -0.2) is 15.0 Å². The zero-order valence-corrected chi connectivity index (χ0v) is 39.7. The van der Waals surface area contributed by atoms with Crippen LogP contribution in [-0.2, 0) is 0 Å². The maximum Gasteiger partial charge on any atom is 0.164 e. The molecule has 0 spiro atoms. The van der Waals surface area contributed by atoms with Crippen LogP contribution < -0.4 is 0 Å². The van der Waals surface area contributed by atoms with Gasteiger partial charge in [0.2, 0.25) is 0 Å². The van der Waals surface area contributed by atoms with E-state index in [9.17, 15) is 0 Å². The van der Waals surface area contributed by atoms with Crippen molar-refractivity contribution in [3.63, 3.8) is 0 Å². The van der Waals surface area contributed by atoms with Gasteiger partial charge >= 0.3 is 0 Å². The van der Waals surface area contributed by atoms with E-state index in [0.717, 1.165) is 55.7 Å². The monoisotopic (exact) mass is 944 g/mol. The van der Waals surface area contributed by atoms with Crippen molar-refractivity contribution < 1.29 is 0 Å². The molecule has 0 saturated heterocycles. The number of benzene rings is 10. The lowest BCUT2D eigenvalue weighted by Crippen LogP contribution is -2.04. The third-order valence-electron chi connectivity index (χ3n) is 13.8. The summed E-state index contributed by atoms with van der Waals surface area (Å²) in [6.45, 7) is 0. The lowest BCUT2D eigenvalue weighted by Gasteiger charge is -2.21. The van der Waals surface area contributed by atoms with Crippen molar-refractivity contribution in [3.05, 3.63) is 218 Å². The van der Waals surface area contributed by atoms with Gasteiger partial charge in [-0.1, -0.05) is 158 Å². The average Bonchev–Trinajstić information content (AvgIpc) is 4.19. The molecule has 0 aliphatic heterocycles. The van der Waals surface area contributed by atoms with Gasteiger partial charge in [-0.15, -0.1) is 34.0 Å². The van der Waals surface area contributed by atoms with Crippen molar-refractivity contribution in [1.29, 1.82) is 0 Å². The topological polar surface area (TPSA) is 43.6 Å². The van der Waals surface area contributed by atoms with Crippen LogP contribution in [0.1, 0.15) is 0 Å². The second kappa shape index (κ2) is 15.6. The van der Waals surface area contributed by atoms with Gasteiger partial charge in [0.25, 0.3) is 0 Å². The Kier molecular flexibility index (Phi) is 8.84. The Balaban J connectivity index is 1.02. The second-order valence-corrected chi connectivity index (χ2v) is 21.1. The maximum absolute atomic E-state index is 5.46. The Bertz CT molecular complexity index is 4410. The highest BCUT2D eigenvalue weighted by Crippen LogP contribution is 2.47. The van der Waals surface area contributed by atoms with Crippen LogP contribution in [0, 0.1) is 0 Å². The Morgan fingerprint density at radius 1 is 0.257 bits per heavy atom. The number of para-hydroxylation sites is 1. The number of fused-ring (bicyclic) bond motifs is 12. The highest BCUT2D eigenvalue weighted by Gasteiger charge is 2.24. The van der Waals surface area contributed by atoms with Gasteiger partial charge in [0.15, 0.2) is 17.5 Å². The van der Waals surface area contributed by atoms with Crippen LogP contribution in [0.2, 0.25) is 0 Å². The molecule has 0 bridgehead atoms. The summed E-state index contributed by atoms with van der Waals surface area (Å²) in [4.78, 5) is 16.2. The van der Waals surface area contributed by atoms with Crippen LogP contribution in [0.4, 0.5) is 0 Å². The molecular weight excluding hydrogens is 909 g/mol. The second-order valence-electron chi connectivity index (χ2n) is 17.9. The van der Waals surface area contributed by atoms with E-state index in [1.807, 2.05) is 11.3 Å². The van der Waals surface area contributed by atoms with Crippen molar-refractivity contribution in [2.24, 2.45) is 0 Å². The van der Waals surface area contributed by atoms with E-state index in [0.29, 0.717) is 17.5 Å². The van der Waals surface area contributed by atoms with Crippen LogP contribution in [0.5, 0.6) is 0 Å². The van der Waals surface area contributed by atoms with E-state index in [4.69, 9.17) is 15.0 Å². The summed E-state index contributed by atoms with van der Waals surface area (Å²) >= 11 is 5.48. The number of nitrogens with zero attached hydrogens (tertiary/aromatic N) is 4. The normalized spacial score (nSPS) is 12.0. The molecule has 10 aromatic carbocycles. The summed E-state index contributed by atoms with van der Waals surface area (Å²) < 4.78 is 10.0. The van der Waals surface area contributed by atoms with Crippen LogP contribution in [-0.4, -0.2) is 19.5 Å². The number of rotatable bonds is 6. The smallest absolute Gasteiger partial charge is 0.164 e. The fourth-order valence-electron chi connectivity index (χ4n) is 10.6. The lowest BCUT2D eigenvalue weighted by atomic mass is 9.92. The number of hydrogen-bond acceptors (Lipinski definition) is 6. The quantitative estimate of drug-likeness (QED) is 0.167. The van der Waals surface area contributed by atoms with Crippen molar-refractivity contribution in [1.82, 2.24) is 19.5 Å². The molecule has 5 aromatic heterocycles. The van der Waals surface area contributed by atoms with E-state index in [-0.39, 0.29) is 0 Å². The molecule has 7 heteroatoms. The molecule has 70 heavy (non-hydrogen) atoms. The van der Waals surface area contributed by atoms with Gasteiger partial charge in [0.05, 0.1) is 16.7 Å². The first-order valence-corrected chi connectivity index (χ1v) is 25.9. The van der Waals surface area contributed by atoms with Gasteiger partial charge in [0.1, 0.15) is 0 Å². The summed E-state index contributed by atoms with van der Waals surface area (Å²) in [6.07, 6.45) is 0. The van der Waals surface area contributed by atoms with Gasteiger partial charge in [-0.2, -0.15) is 0 Å². The molecule has 0 saturated carbocycles. The summed E-state index contributed by atoms with van der Waals surface area (Å²) in [5.41, 5.74) is 10.6. The van der Waals surface area contributed by atoms with Crippen molar-refractivity contribution in [2.75, 3.05) is 0 Å². The minimum absolute atomic E-state index is 0.613.